The summed E-state index contributed by atoms with van der Waals surface area (Å²) in [4.78, 5) is 31.7. The first-order valence-corrected chi connectivity index (χ1v) is 15.2. The standard InChI is InChI=1S/C33H42N4O4/c1-2-3-19-37-31(39)29(30(38)26-7-5-4-6-8-26)35-32(40)33(37)17-20-36(21-18-33)23-25-11-15-28(16-12-25)41-27-13-9-24(22-34)10-14-27/h9-16,26,29-30,38H,2-8,17-21,23H2,1H3,(H,35,40)/t29-,30-/m1/s1. The highest BCUT2D eigenvalue weighted by molar-refractivity contribution is 6.00. The minimum absolute atomic E-state index is 0.0721. The Morgan fingerprint density at radius 1 is 1.02 bits per heavy atom. The fourth-order valence-corrected chi connectivity index (χ4v) is 6.69. The topological polar surface area (TPSA) is 106 Å². The van der Waals surface area contributed by atoms with Crippen molar-refractivity contribution >= 4 is 11.8 Å². The number of hydrogen-bond acceptors (Lipinski definition) is 6. The Kier molecular flexibility index (Phi) is 9.26. The van der Waals surface area contributed by atoms with Crippen LogP contribution in [-0.4, -0.2) is 64.0 Å². The minimum atomic E-state index is -0.843. The van der Waals surface area contributed by atoms with Crippen molar-refractivity contribution in [1.82, 2.24) is 15.1 Å². The van der Waals surface area contributed by atoms with E-state index in [0.29, 0.717) is 43.8 Å². The molecule has 3 aliphatic rings. The maximum absolute atomic E-state index is 13.8. The molecule has 2 aromatic rings. The summed E-state index contributed by atoms with van der Waals surface area (Å²) in [6.07, 6.45) is 7.27. The molecule has 0 unspecified atom stereocenters. The van der Waals surface area contributed by atoms with Gasteiger partial charge >= 0.3 is 0 Å². The number of likely N-dealkylation sites (tertiary alicyclic amines) is 1. The van der Waals surface area contributed by atoms with Crippen molar-refractivity contribution in [2.45, 2.75) is 88.9 Å². The van der Waals surface area contributed by atoms with Crippen LogP contribution in [0.3, 0.4) is 0 Å². The molecule has 8 nitrogen and oxygen atoms in total. The van der Waals surface area contributed by atoms with E-state index >= 15 is 0 Å². The van der Waals surface area contributed by atoms with E-state index in [1.807, 2.05) is 29.2 Å². The summed E-state index contributed by atoms with van der Waals surface area (Å²) >= 11 is 0. The molecule has 218 valence electrons. The lowest BCUT2D eigenvalue weighted by molar-refractivity contribution is -0.166. The number of piperazine rings is 1. The number of carbonyl (C=O) groups excluding carboxylic acids is 2. The molecule has 8 heteroatoms. The van der Waals surface area contributed by atoms with Crippen molar-refractivity contribution in [3.05, 3.63) is 59.7 Å². The summed E-state index contributed by atoms with van der Waals surface area (Å²) in [6, 6.07) is 16.3. The molecule has 2 aliphatic heterocycles. The molecule has 2 saturated heterocycles. The van der Waals surface area contributed by atoms with Gasteiger partial charge in [0.05, 0.1) is 17.7 Å². The molecule has 2 atom stereocenters. The third kappa shape index (κ3) is 6.42. The Labute approximate surface area is 243 Å². The van der Waals surface area contributed by atoms with E-state index in [0.717, 1.165) is 56.4 Å². The Hall–Kier alpha value is -3.41. The largest absolute Gasteiger partial charge is 0.457 e. The van der Waals surface area contributed by atoms with E-state index in [-0.39, 0.29) is 17.7 Å². The number of ether oxygens (including phenoxy) is 1. The molecule has 5 rings (SSSR count). The maximum atomic E-state index is 13.8. The van der Waals surface area contributed by atoms with Gasteiger partial charge in [-0.2, -0.15) is 5.26 Å². The molecule has 2 amide bonds. The number of benzene rings is 2. The van der Waals surface area contributed by atoms with Gasteiger partial charge in [-0.25, -0.2) is 0 Å². The number of rotatable bonds is 9. The number of aliphatic hydroxyl groups excluding tert-OH is 1. The molecule has 1 spiro atoms. The van der Waals surface area contributed by atoms with Gasteiger partial charge in [0.2, 0.25) is 11.8 Å². The Bertz CT molecular complexity index is 1230. The van der Waals surface area contributed by atoms with Gasteiger partial charge in [0.25, 0.3) is 0 Å². The highest BCUT2D eigenvalue weighted by atomic mass is 16.5. The lowest BCUT2D eigenvalue weighted by atomic mass is 9.78. The fraction of sp³-hybridized carbons (Fsp3) is 0.545. The molecule has 2 aromatic carbocycles. The van der Waals surface area contributed by atoms with Crippen LogP contribution in [0.2, 0.25) is 0 Å². The molecular weight excluding hydrogens is 516 g/mol. The first-order valence-electron chi connectivity index (χ1n) is 15.2. The molecule has 2 heterocycles. The molecule has 1 aliphatic carbocycles. The van der Waals surface area contributed by atoms with Gasteiger partial charge in [-0.3, -0.25) is 14.5 Å². The average Bonchev–Trinajstić information content (AvgIpc) is 3.01. The second kappa shape index (κ2) is 13.1. The van der Waals surface area contributed by atoms with Crippen LogP contribution in [0.15, 0.2) is 48.5 Å². The second-order valence-electron chi connectivity index (χ2n) is 11.9. The van der Waals surface area contributed by atoms with Crippen molar-refractivity contribution in [2.24, 2.45) is 5.92 Å². The number of nitrogens with zero attached hydrogens (tertiary/aromatic N) is 3. The van der Waals surface area contributed by atoms with Crippen LogP contribution in [0.1, 0.15) is 75.8 Å². The number of carbonyl (C=O) groups is 2. The predicted octanol–water partition coefficient (Wildman–Crippen LogP) is 4.75. The normalized spacial score (nSPS) is 22.3. The zero-order valence-corrected chi connectivity index (χ0v) is 24.1. The molecule has 3 fully saturated rings. The Balaban J connectivity index is 1.21. The number of aliphatic hydroxyl groups is 1. The zero-order valence-electron chi connectivity index (χ0n) is 24.1. The molecule has 41 heavy (non-hydrogen) atoms. The summed E-state index contributed by atoms with van der Waals surface area (Å²) in [7, 11) is 0. The zero-order chi connectivity index (χ0) is 28.8. The second-order valence-corrected chi connectivity index (χ2v) is 11.9. The first kappa shape index (κ1) is 29.1. The number of amides is 2. The van der Waals surface area contributed by atoms with Crippen molar-refractivity contribution < 1.29 is 19.4 Å². The molecule has 1 saturated carbocycles. The van der Waals surface area contributed by atoms with Gasteiger partial charge in [0.15, 0.2) is 0 Å². The van der Waals surface area contributed by atoms with Gasteiger partial charge in [-0.1, -0.05) is 44.7 Å². The van der Waals surface area contributed by atoms with Crippen LogP contribution in [0.5, 0.6) is 11.5 Å². The minimum Gasteiger partial charge on any atom is -0.457 e. The van der Waals surface area contributed by atoms with Crippen LogP contribution in [0, 0.1) is 17.2 Å². The van der Waals surface area contributed by atoms with Crippen molar-refractivity contribution in [2.75, 3.05) is 19.6 Å². The van der Waals surface area contributed by atoms with E-state index in [2.05, 4.69) is 23.2 Å². The smallest absolute Gasteiger partial charge is 0.248 e. The number of nitrogens with one attached hydrogen (secondary N) is 1. The quantitative estimate of drug-likeness (QED) is 0.460. The maximum Gasteiger partial charge on any atom is 0.248 e. The molecule has 2 N–H and O–H groups in total. The van der Waals surface area contributed by atoms with Crippen LogP contribution in [0.4, 0.5) is 0 Å². The van der Waals surface area contributed by atoms with Gasteiger partial charge in [0, 0.05) is 26.2 Å². The van der Waals surface area contributed by atoms with Gasteiger partial charge in [-0.15, -0.1) is 0 Å². The average molecular weight is 559 g/mol. The van der Waals surface area contributed by atoms with Crippen molar-refractivity contribution in [3.8, 4) is 17.6 Å². The SMILES string of the molecule is CCCCN1C(=O)[C@@H]([C@H](O)C2CCCCC2)NC(=O)C12CCN(Cc1ccc(Oc3ccc(C#N)cc3)cc1)CC2. The number of unbranched alkanes of at least 4 members (excludes halogenated alkanes) is 1. The summed E-state index contributed by atoms with van der Waals surface area (Å²) in [5.41, 5.74) is 0.900. The Morgan fingerprint density at radius 3 is 2.27 bits per heavy atom. The summed E-state index contributed by atoms with van der Waals surface area (Å²) in [6.45, 7) is 4.82. The van der Waals surface area contributed by atoms with Crippen LogP contribution >= 0.6 is 0 Å². The lowest BCUT2D eigenvalue weighted by Crippen LogP contribution is -2.75. The molecule has 0 bridgehead atoms. The third-order valence-electron chi connectivity index (χ3n) is 9.20. The van der Waals surface area contributed by atoms with Gasteiger partial charge in [0.1, 0.15) is 23.1 Å². The fourth-order valence-electron chi connectivity index (χ4n) is 6.69. The molecule has 0 radical (unpaired) electrons. The highest BCUT2D eigenvalue weighted by Crippen LogP contribution is 2.36. The van der Waals surface area contributed by atoms with Crippen LogP contribution < -0.4 is 10.1 Å². The Morgan fingerprint density at radius 2 is 1.66 bits per heavy atom. The number of hydrogen-bond donors (Lipinski definition) is 2. The van der Waals surface area contributed by atoms with Crippen LogP contribution in [0.25, 0.3) is 0 Å². The number of nitriles is 1. The summed E-state index contributed by atoms with van der Waals surface area (Å²) in [5, 5.41) is 23.1. The van der Waals surface area contributed by atoms with E-state index in [1.165, 1.54) is 6.42 Å². The first-order chi connectivity index (χ1) is 19.9. The van der Waals surface area contributed by atoms with Gasteiger partial charge < -0.3 is 20.1 Å². The number of piperidine rings is 1. The van der Waals surface area contributed by atoms with E-state index in [4.69, 9.17) is 10.00 Å². The van der Waals surface area contributed by atoms with Crippen LogP contribution in [-0.2, 0) is 16.1 Å². The lowest BCUT2D eigenvalue weighted by Gasteiger charge is -2.52. The molecular formula is C33H42N4O4. The van der Waals surface area contributed by atoms with Crippen molar-refractivity contribution in [3.63, 3.8) is 0 Å². The van der Waals surface area contributed by atoms with E-state index < -0.39 is 17.7 Å². The van der Waals surface area contributed by atoms with Crippen molar-refractivity contribution in [1.29, 1.82) is 5.26 Å². The molecule has 0 aromatic heterocycles. The van der Waals surface area contributed by atoms with Gasteiger partial charge in [-0.05, 0) is 80.0 Å². The summed E-state index contributed by atoms with van der Waals surface area (Å²) in [5.74, 6) is 1.27. The monoisotopic (exact) mass is 558 g/mol. The van der Waals surface area contributed by atoms with E-state index in [9.17, 15) is 14.7 Å². The highest BCUT2D eigenvalue weighted by Gasteiger charge is 2.55. The predicted molar refractivity (Wildman–Crippen MR) is 156 cm³/mol. The summed E-state index contributed by atoms with van der Waals surface area (Å²) < 4.78 is 5.91. The van der Waals surface area contributed by atoms with E-state index in [1.54, 1.807) is 24.3 Å². The third-order valence-corrected chi connectivity index (χ3v) is 9.20.